The number of hydrogen-bond acceptors (Lipinski definition) is 5. The van der Waals surface area contributed by atoms with Crippen molar-refractivity contribution in [3.63, 3.8) is 0 Å². The minimum absolute atomic E-state index is 0.0567. The van der Waals surface area contributed by atoms with Crippen LogP contribution in [0.25, 0.3) is 28.2 Å². The van der Waals surface area contributed by atoms with E-state index in [1.54, 1.807) is 16.8 Å². The van der Waals surface area contributed by atoms with E-state index in [1.807, 2.05) is 55.5 Å². The number of nitrogens with one attached hydrogen (secondary N) is 2. The molecule has 0 radical (unpaired) electrons. The molecule has 0 fully saturated rings. The summed E-state index contributed by atoms with van der Waals surface area (Å²) in [5.41, 5.74) is 4.05. The van der Waals surface area contributed by atoms with Crippen LogP contribution < -0.4 is 5.32 Å². The number of aryl methyl sites for hydroxylation is 1. The highest BCUT2D eigenvalue weighted by Gasteiger charge is 2.17. The second-order valence-corrected chi connectivity index (χ2v) is 6.34. The summed E-state index contributed by atoms with van der Waals surface area (Å²) in [6.45, 7) is 1.88. The molecule has 0 spiro atoms. The van der Waals surface area contributed by atoms with E-state index in [0.717, 1.165) is 22.3 Å². The molecule has 2 aromatic carbocycles. The van der Waals surface area contributed by atoms with Crippen LogP contribution in [-0.4, -0.2) is 35.5 Å². The summed E-state index contributed by atoms with van der Waals surface area (Å²) >= 11 is 0. The van der Waals surface area contributed by atoms with Crippen molar-refractivity contribution < 1.29 is 4.79 Å². The van der Waals surface area contributed by atoms with Gasteiger partial charge in [-0.05, 0) is 37.3 Å². The fraction of sp³-hybridized carbons (Fsp3) is 0.0500. The third kappa shape index (κ3) is 2.67. The molecule has 2 N–H and O–H groups in total. The minimum Gasteiger partial charge on any atom is -0.338 e. The SMILES string of the molecule is Cc1ccnc2nc(C(=O)Nc3ccccc3-c3nc4ccccc4[nH]3)nn12. The Morgan fingerprint density at radius 2 is 1.86 bits per heavy atom. The van der Waals surface area contributed by atoms with Gasteiger partial charge in [0, 0.05) is 17.5 Å². The molecular formula is C20H15N7O. The molecule has 3 aromatic heterocycles. The van der Waals surface area contributed by atoms with E-state index in [2.05, 4.69) is 30.4 Å². The molecular weight excluding hydrogens is 354 g/mol. The molecule has 0 aliphatic carbocycles. The number of aromatic amines is 1. The van der Waals surface area contributed by atoms with Crippen molar-refractivity contribution in [2.75, 3.05) is 5.32 Å². The molecule has 0 saturated heterocycles. The summed E-state index contributed by atoms with van der Waals surface area (Å²) in [7, 11) is 0. The molecule has 5 aromatic rings. The summed E-state index contributed by atoms with van der Waals surface area (Å²) in [4.78, 5) is 29.0. The zero-order chi connectivity index (χ0) is 19.1. The number of carbonyl (C=O) groups excluding carboxylic acids is 1. The van der Waals surface area contributed by atoms with E-state index in [0.29, 0.717) is 17.3 Å². The number of amides is 1. The van der Waals surface area contributed by atoms with E-state index in [4.69, 9.17) is 0 Å². The molecule has 0 aliphatic rings. The summed E-state index contributed by atoms with van der Waals surface area (Å²) < 4.78 is 1.54. The number of carbonyl (C=O) groups is 1. The summed E-state index contributed by atoms with van der Waals surface area (Å²) in [6, 6.07) is 17.1. The van der Waals surface area contributed by atoms with Crippen LogP contribution in [0.4, 0.5) is 5.69 Å². The van der Waals surface area contributed by atoms with Gasteiger partial charge in [-0.25, -0.2) is 14.5 Å². The average molecular weight is 369 g/mol. The van der Waals surface area contributed by atoms with Crippen LogP contribution in [0.3, 0.4) is 0 Å². The zero-order valence-electron chi connectivity index (χ0n) is 14.9. The predicted octanol–water partition coefficient (Wildman–Crippen LogP) is 3.23. The standard InChI is InChI=1S/C20H15N7O/c1-12-10-11-21-20-25-18(26-27(12)20)19(28)24-14-7-3-2-6-13(14)17-22-15-8-4-5-9-16(15)23-17/h2-11H,1H3,(H,22,23)(H,24,28). The van der Waals surface area contributed by atoms with Crippen molar-refractivity contribution in [2.24, 2.45) is 0 Å². The molecule has 0 atom stereocenters. The van der Waals surface area contributed by atoms with Crippen molar-refractivity contribution in [3.05, 3.63) is 72.3 Å². The quantitative estimate of drug-likeness (QED) is 0.508. The van der Waals surface area contributed by atoms with Crippen LogP contribution in [0.2, 0.25) is 0 Å². The van der Waals surface area contributed by atoms with Crippen molar-refractivity contribution >= 4 is 28.4 Å². The van der Waals surface area contributed by atoms with Crippen LogP contribution in [0.5, 0.6) is 0 Å². The van der Waals surface area contributed by atoms with Crippen LogP contribution in [-0.2, 0) is 0 Å². The van der Waals surface area contributed by atoms with Crippen LogP contribution in [0.15, 0.2) is 60.8 Å². The molecule has 0 aliphatic heterocycles. The summed E-state index contributed by atoms with van der Waals surface area (Å²) in [6.07, 6.45) is 1.64. The number of aromatic nitrogens is 6. The average Bonchev–Trinajstić information content (AvgIpc) is 3.33. The fourth-order valence-electron chi connectivity index (χ4n) is 3.06. The van der Waals surface area contributed by atoms with Gasteiger partial charge in [-0.2, -0.15) is 4.98 Å². The molecule has 0 unspecified atom stereocenters. The number of imidazole rings is 1. The minimum atomic E-state index is -0.409. The lowest BCUT2D eigenvalue weighted by Gasteiger charge is -2.07. The molecule has 0 bridgehead atoms. The monoisotopic (exact) mass is 369 g/mol. The van der Waals surface area contributed by atoms with Gasteiger partial charge in [-0.15, -0.1) is 5.10 Å². The number of hydrogen-bond donors (Lipinski definition) is 2. The molecule has 136 valence electrons. The van der Waals surface area contributed by atoms with Crippen molar-refractivity contribution in [3.8, 4) is 11.4 Å². The first-order chi connectivity index (χ1) is 13.7. The van der Waals surface area contributed by atoms with Crippen LogP contribution in [0.1, 0.15) is 16.3 Å². The molecule has 8 heteroatoms. The fourth-order valence-corrected chi connectivity index (χ4v) is 3.06. The lowest BCUT2D eigenvalue weighted by molar-refractivity contribution is 0.101. The molecule has 8 nitrogen and oxygen atoms in total. The maximum Gasteiger partial charge on any atom is 0.295 e. The Labute approximate surface area is 159 Å². The molecule has 0 saturated carbocycles. The Hall–Kier alpha value is -4.07. The van der Waals surface area contributed by atoms with Crippen molar-refractivity contribution in [1.29, 1.82) is 0 Å². The zero-order valence-corrected chi connectivity index (χ0v) is 14.9. The Balaban J connectivity index is 1.51. The van der Waals surface area contributed by atoms with E-state index in [9.17, 15) is 4.79 Å². The highest BCUT2D eigenvalue weighted by molar-refractivity contribution is 6.04. The highest BCUT2D eigenvalue weighted by Crippen LogP contribution is 2.27. The summed E-state index contributed by atoms with van der Waals surface area (Å²) in [5, 5.41) is 7.14. The Kier molecular flexibility index (Phi) is 3.61. The largest absolute Gasteiger partial charge is 0.338 e. The van der Waals surface area contributed by atoms with Gasteiger partial charge in [0.1, 0.15) is 5.82 Å². The third-order valence-electron chi connectivity index (χ3n) is 4.45. The second kappa shape index (κ2) is 6.27. The van der Waals surface area contributed by atoms with E-state index < -0.39 is 5.91 Å². The molecule has 5 rings (SSSR count). The number of H-pyrrole nitrogens is 1. The predicted molar refractivity (Wildman–Crippen MR) is 105 cm³/mol. The molecule has 28 heavy (non-hydrogen) atoms. The van der Waals surface area contributed by atoms with E-state index in [-0.39, 0.29) is 5.82 Å². The van der Waals surface area contributed by atoms with Gasteiger partial charge >= 0.3 is 0 Å². The number of benzene rings is 2. The molecule has 1 amide bonds. The summed E-state index contributed by atoms with van der Waals surface area (Å²) in [5.74, 6) is 0.711. The van der Waals surface area contributed by atoms with Crippen molar-refractivity contribution in [1.82, 2.24) is 29.5 Å². The first kappa shape index (κ1) is 16.1. The Morgan fingerprint density at radius 3 is 2.71 bits per heavy atom. The smallest absolute Gasteiger partial charge is 0.295 e. The Morgan fingerprint density at radius 1 is 1.04 bits per heavy atom. The van der Waals surface area contributed by atoms with Gasteiger partial charge in [0.05, 0.1) is 16.7 Å². The normalized spacial score (nSPS) is 11.2. The van der Waals surface area contributed by atoms with Gasteiger partial charge in [0.2, 0.25) is 5.82 Å². The van der Waals surface area contributed by atoms with E-state index >= 15 is 0 Å². The maximum atomic E-state index is 12.7. The topological polar surface area (TPSA) is 101 Å². The Bertz CT molecular complexity index is 1300. The number of rotatable bonds is 3. The number of fused-ring (bicyclic) bond motifs is 2. The van der Waals surface area contributed by atoms with Gasteiger partial charge < -0.3 is 10.3 Å². The number of para-hydroxylation sites is 3. The second-order valence-electron chi connectivity index (χ2n) is 6.34. The lowest BCUT2D eigenvalue weighted by Crippen LogP contribution is -2.14. The number of nitrogens with zero attached hydrogens (tertiary/aromatic N) is 5. The first-order valence-corrected chi connectivity index (χ1v) is 8.73. The van der Waals surface area contributed by atoms with Gasteiger partial charge in [-0.3, -0.25) is 4.79 Å². The van der Waals surface area contributed by atoms with Gasteiger partial charge in [-0.1, -0.05) is 24.3 Å². The lowest BCUT2D eigenvalue weighted by atomic mass is 10.1. The van der Waals surface area contributed by atoms with Crippen LogP contribution in [0, 0.1) is 6.92 Å². The number of anilines is 1. The third-order valence-corrected chi connectivity index (χ3v) is 4.45. The van der Waals surface area contributed by atoms with Crippen molar-refractivity contribution in [2.45, 2.75) is 6.92 Å². The first-order valence-electron chi connectivity index (χ1n) is 8.73. The van der Waals surface area contributed by atoms with Crippen LogP contribution >= 0.6 is 0 Å². The van der Waals surface area contributed by atoms with Gasteiger partial charge in [0.15, 0.2) is 0 Å². The molecule has 3 heterocycles. The highest BCUT2D eigenvalue weighted by atomic mass is 16.2. The van der Waals surface area contributed by atoms with Gasteiger partial charge in [0.25, 0.3) is 11.7 Å². The van der Waals surface area contributed by atoms with E-state index in [1.165, 1.54) is 0 Å². The maximum absolute atomic E-state index is 12.7.